The largest absolute Gasteiger partial charge is 0.0810 e. The van der Waals surface area contributed by atoms with Crippen LogP contribution in [0.2, 0.25) is 0 Å². The molecule has 0 spiro atoms. The fourth-order valence-electron chi connectivity index (χ4n) is 6.75. The summed E-state index contributed by atoms with van der Waals surface area (Å²) in [5.41, 5.74) is 3.28. The topological polar surface area (TPSA) is 0 Å². The summed E-state index contributed by atoms with van der Waals surface area (Å²) >= 11 is 0. The Morgan fingerprint density at radius 2 is 2.06 bits per heavy atom. The number of fused-ring (bicyclic) bond motifs is 1. The summed E-state index contributed by atoms with van der Waals surface area (Å²) in [4.78, 5) is 0. The van der Waals surface area contributed by atoms with E-state index in [0.29, 0.717) is 5.41 Å². The fourth-order valence-corrected chi connectivity index (χ4v) is 6.75. The Morgan fingerprint density at radius 3 is 2.83 bits per heavy atom. The van der Waals surface area contributed by atoms with Crippen LogP contribution in [0.15, 0.2) is 11.6 Å². The Balaban J connectivity index is 1.52. The third kappa shape index (κ3) is 1.06. The van der Waals surface area contributed by atoms with Gasteiger partial charge in [0.15, 0.2) is 0 Å². The maximum absolute atomic E-state index is 2.74. The van der Waals surface area contributed by atoms with E-state index in [1.165, 1.54) is 44.9 Å². The standard InChI is InChI=1S/C18H28/c1-4-5-6-7-9-17(2)13-11-12-8-10-18(3)15(12)14(13)16(17)18/h11-12,14-16H,4-10H2,1-3H3/t12?,14?,15?,16?,17-,18?/m0/s1. The molecule has 0 aliphatic heterocycles. The zero-order valence-corrected chi connectivity index (χ0v) is 12.3. The highest BCUT2D eigenvalue weighted by Crippen LogP contribution is 2.85. The fraction of sp³-hybridized carbons (Fsp3) is 0.889. The Kier molecular flexibility index (Phi) is 2.21. The first-order valence-corrected chi connectivity index (χ1v) is 8.35. The van der Waals surface area contributed by atoms with E-state index < -0.39 is 0 Å². The molecule has 0 aromatic heterocycles. The van der Waals surface area contributed by atoms with Gasteiger partial charge in [0, 0.05) is 0 Å². The van der Waals surface area contributed by atoms with Crippen LogP contribution in [0.1, 0.15) is 65.7 Å². The van der Waals surface area contributed by atoms with E-state index in [9.17, 15) is 0 Å². The van der Waals surface area contributed by atoms with Gasteiger partial charge in [-0.05, 0) is 53.8 Å². The van der Waals surface area contributed by atoms with Gasteiger partial charge < -0.3 is 0 Å². The monoisotopic (exact) mass is 244 g/mol. The molecule has 4 aliphatic carbocycles. The van der Waals surface area contributed by atoms with Crippen molar-refractivity contribution in [3.05, 3.63) is 11.6 Å². The summed E-state index contributed by atoms with van der Waals surface area (Å²) in [5, 5.41) is 0. The van der Waals surface area contributed by atoms with Crippen molar-refractivity contribution in [1.82, 2.24) is 0 Å². The third-order valence-corrected chi connectivity index (χ3v) is 7.34. The molecule has 4 rings (SSSR count). The van der Waals surface area contributed by atoms with Crippen molar-refractivity contribution in [2.75, 3.05) is 0 Å². The lowest BCUT2D eigenvalue weighted by molar-refractivity contribution is -0.191. The number of hydrogen-bond donors (Lipinski definition) is 0. The summed E-state index contributed by atoms with van der Waals surface area (Å²) in [6.07, 6.45) is 13.0. The van der Waals surface area contributed by atoms with Gasteiger partial charge >= 0.3 is 0 Å². The molecule has 4 aliphatic rings. The maximum Gasteiger partial charge on any atom is -0.00739 e. The van der Waals surface area contributed by atoms with Crippen LogP contribution in [0.5, 0.6) is 0 Å². The van der Waals surface area contributed by atoms with E-state index in [4.69, 9.17) is 0 Å². The molecule has 100 valence electrons. The minimum absolute atomic E-state index is 0.624. The van der Waals surface area contributed by atoms with Crippen LogP contribution in [0.25, 0.3) is 0 Å². The quantitative estimate of drug-likeness (QED) is 0.461. The second-order valence-corrected chi connectivity index (χ2v) is 8.09. The van der Waals surface area contributed by atoms with Gasteiger partial charge in [-0.2, -0.15) is 0 Å². The van der Waals surface area contributed by atoms with Crippen LogP contribution in [-0.4, -0.2) is 0 Å². The van der Waals surface area contributed by atoms with E-state index >= 15 is 0 Å². The number of hydrogen-bond acceptors (Lipinski definition) is 0. The van der Waals surface area contributed by atoms with Gasteiger partial charge in [-0.25, -0.2) is 0 Å². The van der Waals surface area contributed by atoms with Crippen molar-refractivity contribution < 1.29 is 0 Å². The molecule has 6 atom stereocenters. The summed E-state index contributed by atoms with van der Waals surface area (Å²) in [6, 6.07) is 0. The summed E-state index contributed by atoms with van der Waals surface area (Å²) < 4.78 is 0. The van der Waals surface area contributed by atoms with Gasteiger partial charge in [0.25, 0.3) is 0 Å². The molecule has 0 amide bonds. The van der Waals surface area contributed by atoms with Crippen molar-refractivity contribution in [2.45, 2.75) is 65.7 Å². The van der Waals surface area contributed by atoms with Crippen LogP contribution < -0.4 is 0 Å². The lowest BCUT2D eigenvalue weighted by atomic mass is 9.31. The summed E-state index contributed by atoms with van der Waals surface area (Å²) in [7, 11) is 0. The van der Waals surface area contributed by atoms with E-state index in [0.717, 1.165) is 29.1 Å². The molecule has 0 bridgehead atoms. The van der Waals surface area contributed by atoms with E-state index in [-0.39, 0.29) is 0 Å². The maximum atomic E-state index is 2.74. The van der Waals surface area contributed by atoms with Crippen molar-refractivity contribution in [3.8, 4) is 0 Å². The molecule has 0 aromatic carbocycles. The average molecular weight is 244 g/mol. The molecule has 18 heavy (non-hydrogen) atoms. The van der Waals surface area contributed by atoms with Crippen LogP contribution in [0, 0.1) is 34.5 Å². The molecule has 0 heterocycles. The minimum atomic E-state index is 0.624. The first-order chi connectivity index (χ1) is 8.63. The highest BCUT2D eigenvalue weighted by atomic mass is 14.8. The predicted octanol–water partition coefficient (Wildman–Crippen LogP) is 5.20. The molecule has 0 N–H and O–H groups in total. The Labute approximate surface area is 112 Å². The normalized spacial score (nSPS) is 54.7. The zero-order valence-electron chi connectivity index (χ0n) is 12.3. The highest BCUT2D eigenvalue weighted by molar-refractivity contribution is 5.46. The van der Waals surface area contributed by atoms with Gasteiger partial charge in [-0.15, -0.1) is 0 Å². The molecule has 5 unspecified atom stereocenters. The molecule has 3 fully saturated rings. The van der Waals surface area contributed by atoms with Crippen molar-refractivity contribution in [1.29, 1.82) is 0 Å². The van der Waals surface area contributed by atoms with Gasteiger partial charge in [0.1, 0.15) is 0 Å². The molecule has 0 saturated heterocycles. The first kappa shape index (κ1) is 11.6. The Morgan fingerprint density at radius 1 is 1.22 bits per heavy atom. The Bertz CT molecular complexity index is 406. The average Bonchev–Trinajstić information content (AvgIpc) is 2.72. The highest BCUT2D eigenvalue weighted by Gasteiger charge is 2.78. The molecular weight excluding hydrogens is 216 g/mol. The zero-order chi connectivity index (χ0) is 12.5. The first-order valence-electron chi connectivity index (χ1n) is 8.35. The molecule has 0 aromatic rings. The number of unbranched alkanes of at least 4 members (excludes halogenated alkanes) is 3. The van der Waals surface area contributed by atoms with Crippen LogP contribution >= 0.6 is 0 Å². The van der Waals surface area contributed by atoms with Gasteiger partial charge in [-0.1, -0.05) is 58.1 Å². The van der Waals surface area contributed by atoms with Gasteiger partial charge in [0.05, 0.1) is 0 Å². The van der Waals surface area contributed by atoms with Crippen molar-refractivity contribution >= 4 is 0 Å². The van der Waals surface area contributed by atoms with E-state index in [1.807, 2.05) is 5.57 Å². The molecule has 3 saturated carbocycles. The SMILES string of the molecule is CCCCCC[C@@]1(C)C2=CC3CCC4(C)C3C2C41. The van der Waals surface area contributed by atoms with Crippen LogP contribution in [0.4, 0.5) is 0 Å². The second-order valence-electron chi connectivity index (χ2n) is 8.09. The molecular formula is C18H28. The predicted molar refractivity (Wildman–Crippen MR) is 76.3 cm³/mol. The van der Waals surface area contributed by atoms with E-state index in [2.05, 4.69) is 26.8 Å². The number of rotatable bonds is 5. The van der Waals surface area contributed by atoms with Crippen LogP contribution in [-0.2, 0) is 0 Å². The molecule has 0 nitrogen and oxygen atoms in total. The van der Waals surface area contributed by atoms with E-state index in [1.54, 1.807) is 0 Å². The van der Waals surface area contributed by atoms with Gasteiger partial charge in [-0.3, -0.25) is 0 Å². The Hall–Kier alpha value is -0.260. The molecule has 0 heteroatoms. The third-order valence-electron chi connectivity index (χ3n) is 7.34. The lowest BCUT2D eigenvalue weighted by Gasteiger charge is -2.73. The second kappa shape index (κ2) is 3.44. The van der Waals surface area contributed by atoms with Crippen molar-refractivity contribution in [3.63, 3.8) is 0 Å². The minimum Gasteiger partial charge on any atom is -0.0810 e. The lowest BCUT2D eigenvalue weighted by Crippen LogP contribution is -2.67. The van der Waals surface area contributed by atoms with Crippen molar-refractivity contribution in [2.24, 2.45) is 34.5 Å². The summed E-state index contributed by atoms with van der Waals surface area (Å²) in [6.45, 7) is 7.55. The van der Waals surface area contributed by atoms with Gasteiger partial charge in [0.2, 0.25) is 0 Å². The smallest absolute Gasteiger partial charge is 0.00739 e. The number of allylic oxidation sites excluding steroid dienone is 2. The molecule has 0 radical (unpaired) electrons. The summed E-state index contributed by atoms with van der Waals surface area (Å²) in [5.74, 6) is 4.19. The van der Waals surface area contributed by atoms with Crippen LogP contribution in [0.3, 0.4) is 0 Å².